The number of sulfonamides is 1. The fourth-order valence-electron chi connectivity index (χ4n) is 4.60. The number of aromatic nitrogens is 3. The number of likely N-dealkylation sites (N-methyl/N-ethyl adjacent to an activating group) is 1. The highest BCUT2D eigenvalue weighted by atomic mass is 32.2. The zero-order valence-corrected chi connectivity index (χ0v) is 23.0. The van der Waals surface area contributed by atoms with Gasteiger partial charge in [0.25, 0.3) is 5.69 Å². The van der Waals surface area contributed by atoms with E-state index >= 15 is 0 Å². The molecule has 2 heterocycles. The van der Waals surface area contributed by atoms with E-state index in [1.54, 1.807) is 35.1 Å². The van der Waals surface area contributed by atoms with Crippen LogP contribution in [-0.4, -0.2) is 82.0 Å². The number of ether oxygens (including phenoxy) is 1. The Kier molecular flexibility index (Phi) is 8.73. The summed E-state index contributed by atoms with van der Waals surface area (Å²) in [5.41, 5.74) is 3.87. The number of nitro benzene ring substituents is 1. The molecule has 0 spiro atoms. The number of aryl methyl sites for hydroxylation is 2. The average molecular weight is 557 g/mol. The van der Waals surface area contributed by atoms with Crippen LogP contribution in [0.2, 0.25) is 0 Å². The number of rotatable bonds is 11. The van der Waals surface area contributed by atoms with Gasteiger partial charge in [-0.05, 0) is 45.0 Å². The van der Waals surface area contributed by atoms with Gasteiger partial charge in [0, 0.05) is 31.3 Å². The molecule has 2 aromatic carbocycles. The van der Waals surface area contributed by atoms with Crippen LogP contribution in [0.4, 0.5) is 5.69 Å². The summed E-state index contributed by atoms with van der Waals surface area (Å²) >= 11 is 0. The number of benzene rings is 2. The Labute approximate surface area is 227 Å². The molecule has 0 radical (unpaired) electrons. The van der Waals surface area contributed by atoms with Crippen molar-refractivity contribution in [3.05, 3.63) is 86.7 Å². The summed E-state index contributed by atoms with van der Waals surface area (Å²) < 4.78 is 34.0. The van der Waals surface area contributed by atoms with Gasteiger partial charge < -0.3 is 9.64 Å². The lowest BCUT2D eigenvalue weighted by Gasteiger charge is -2.23. The fraction of sp³-hybridized carbons (Fsp3) is 0.423. The monoisotopic (exact) mass is 556 g/mol. The summed E-state index contributed by atoms with van der Waals surface area (Å²) in [4.78, 5) is 24.7. The van der Waals surface area contributed by atoms with E-state index in [-0.39, 0.29) is 36.6 Å². The van der Waals surface area contributed by atoms with Crippen molar-refractivity contribution >= 4 is 21.7 Å². The Morgan fingerprint density at radius 1 is 1.15 bits per heavy atom. The summed E-state index contributed by atoms with van der Waals surface area (Å²) in [6.07, 6.45) is 2.26. The van der Waals surface area contributed by atoms with Crippen molar-refractivity contribution < 1.29 is 22.9 Å². The molecular formula is C26H32N6O6S. The first-order valence-electron chi connectivity index (χ1n) is 12.6. The first kappa shape index (κ1) is 28.3. The van der Waals surface area contributed by atoms with Gasteiger partial charge in [-0.3, -0.25) is 10.1 Å². The van der Waals surface area contributed by atoms with E-state index in [2.05, 4.69) is 10.3 Å². The van der Waals surface area contributed by atoms with E-state index < -0.39 is 14.9 Å². The molecule has 208 valence electrons. The van der Waals surface area contributed by atoms with Gasteiger partial charge in [0.15, 0.2) is 0 Å². The Bertz CT molecular complexity index is 1420. The Hall–Kier alpha value is -3.68. The quantitative estimate of drug-likeness (QED) is 0.151. The third-order valence-corrected chi connectivity index (χ3v) is 8.47. The van der Waals surface area contributed by atoms with Crippen LogP contribution in [0.25, 0.3) is 0 Å². The lowest BCUT2D eigenvalue weighted by atomic mass is 10.1. The highest BCUT2D eigenvalue weighted by Crippen LogP contribution is 2.21. The first-order valence-corrected chi connectivity index (χ1v) is 14.2. The number of hydrogen-bond acceptors (Lipinski definition) is 9. The van der Waals surface area contributed by atoms with E-state index in [0.717, 1.165) is 16.7 Å². The van der Waals surface area contributed by atoms with Gasteiger partial charge in [0.2, 0.25) is 10.0 Å². The van der Waals surface area contributed by atoms with Gasteiger partial charge >= 0.3 is 5.97 Å². The largest absolute Gasteiger partial charge is 0.462 e. The normalized spacial score (nSPS) is 17.0. The van der Waals surface area contributed by atoms with Crippen LogP contribution < -0.4 is 0 Å². The second-order valence-corrected chi connectivity index (χ2v) is 11.9. The highest BCUT2D eigenvalue weighted by Gasteiger charge is 2.38. The summed E-state index contributed by atoms with van der Waals surface area (Å²) in [5.74, 6) is -0.358. The van der Waals surface area contributed by atoms with Crippen LogP contribution in [0, 0.1) is 24.0 Å². The van der Waals surface area contributed by atoms with Crippen molar-refractivity contribution in [3.63, 3.8) is 0 Å². The minimum Gasteiger partial charge on any atom is -0.462 e. The molecule has 1 aliphatic rings. The minimum absolute atomic E-state index is 0.00277. The van der Waals surface area contributed by atoms with E-state index in [9.17, 15) is 23.3 Å². The Balaban J connectivity index is 1.25. The molecule has 39 heavy (non-hydrogen) atoms. The molecule has 1 saturated heterocycles. The number of esters is 1. The number of carbonyl (C=O) groups excluding carboxylic acids is 1. The van der Waals surface area contributed by atoms with Gasteiger partial charge in [-0.25, -0.2) is 17.9 Å². The molecule has 0 N–H and O–H groups in total. The molecule has 1 fully saturated rings. The maximum atomic E-state index is 12.8. The van der Waals surface area contributed by atoms with Crippen LogP contribution in [0.15, 0.2) is 48.7 Å². The second kappa shape index (κ2) is 12.0. The number of nitrogens with zero attached hydrogens (tertiary/aromatic N) is 6. The van der Waals surface area contributed by atoms with E-state index in [1.807, 2.05) is 31.9 Å². The molecule has 0 amide bonds. The van der Waals surface area contributed by atoms with Crippen molar-refractivity contribution in [2.75, 3.05) is 32.5 Å². The highest BCUT2D eigenvalue weighted by molar-refractivity contribution is 7.89. The van der Waals surface area contributed by atoms with E-state index in [1.165, 1.54) is 16.4 Å². The molecule has 4 rings (SSSR count). The smallest absolute Gasteiger partial charge is 0.338 e. The molecular weight excluding hydrogens is 524 g/mol. The van der Waals surface area contributed by atoms with Crippen molar-refractivity contribution in [1.82, 2.24) is 24.2 Å². The Morgan fingerprint density at radius 2 is 1.85 bits per heavy atom. The van der Waals surface area contributed by atoms with Gasteiger partial charge in [-0.1, -0.05) is 34.5 Å². The molecule has 1 aliphatic heterocycles. The lowest BCUT2D eigenvalue weighted by Crippen LogP contribution is -2.37. The molecule has 1 unspecified atom stereocenters. The van der Waals surface area contributed by atoms with Gasteiger partial charge in [-0.15, -0.1) is 5.10 Å². The summed E-state index contributed by atoms with van der Waals surface area (Å²) in [7, 11) is -1.59. The average Bonchev–Trinajstić information content (AvgIpc) is 3.44. The van der Waals surface area contributed by atoms with Crippen molar-refractivity contribution in [3.8, 4) is 0 Å². The summed E-state index contributed by atoms with van der Waals surface area (Å²) in [6, 6.07) is 11.5. The SMILES string of the molecule is Cc1cc(C)cc(C(=O)OCCCN(C)C2CN(Cc3cn(Cc4ccc([N+](=O)[O-])cc4)nn3)S(=O)(=O)C2)c1. The van der Waals surface area contributed by atoms with E-state index in [0.29, 0.717) is 37.3 Å². The van der Waals surface area contributed by atoms with Crippen LogP contribution in [-0.2, 0) is 27.8 Å². The molecule has 12 nitrogen and oxygen atoms in total. The topological polar surface area (TPSA) is 141 Å². The van der Waals surface area contributed by atoms with Crippen LogP contribution in [0.1, 0.15) is 39.2 Å². The Morgan fingerprint density at radius 3 is 2.51 bits per heavy atom. The molecule has 1 atom stereocenters. The van der Waals surface area contributed by atoms with Crippen molar-refractivity contribution in [1.29, 1.82) is 0 Å². The maximum Gasteiger partial charge on any atom is 0.338 e. The van der Waals surface area contributed by atoms with Crippen LogP contribution in [0.5, 0.6) is 0 Å². The predicted molar refractivity (Wildman–Crippen MR) is 144 cm³/mol. The minimum atomic E-state index is -3.46. The number of non-ortho nitro benzene ring substituents is 1. The lowest BCUT2D eigenvalue weighted by molar-refractivity contribution is -0.384. The zero-order chi connectivity index (χ0) is 28.2. The van der Waals surface area contributed by atoms with Gasteiger partial charge in [-0.2, -0.15) is 4.31 Å². The second-order valence-electron chi connectivity index (χ2n) is 9.90. The summed E-state index contributed by atoms with van der Waals surface area (Å²) in [5, 5.41) is 19.0. The standard InChI is InChI=1S/C26H32N6O6S/c1-19-11-20(2)13-22(12-19)26(33)38-10-4-9-29(3)25-17-31(39(36,37)18-25)16-23-15-30(28-27-23)14-21-5-7-24(8-6-21)32(34)35/h5-8,11-13,15,25H,4,9-10,14,16-18H2,1-3H3. The number of nitro groups is 1. The van der Waals surface area contributed by atoms with Crippen LogP contribution >= 0.6 is 0 Å². The molecule has 13 heteroatoms. The van der Waals surface area contributed by atoms with Gasteiger partial charge in [0.05, 0.1) is 47.8 Å². The number of hydrogen-bond donors (Lipinski definition) is 0. The van der Waals surface area contributed by atoms with Crippen molar-refractivity contribution in [2.45, 2.75) is 39.4 Å². The molecule has 1 aromatic heterocycles. The van der Waals surface area contributed by atoms with Crippen molar-refractivity contribution in [2.24, 2.45) is 0 Å². The molecule has 0 bridgehead atoms. The zero-order valence-electron chi connectivity index (χ0n) is 22.2. The predicted octanol–water partition coefficient (Wildman–Crippen LogP) is 2.54. The first-order chi connectivity index (χ1) is 18.5. The maximum absolute atomic E-state index is 12.8. The summed E-state index contributed by atoms with van der Waals surface area (Å²) in [6.45, 7) is 5.49. The van der Waals surface area contributed by atoms with E-state index in [4.69, 9.17) is 4.74 Å². The third-order valence-electron chi connectivity index (χ3n) is 6.60. The van der Waals surface area contributed by atoms with Gasteiger partial charge in [0.1, 0.15) is 0 Å². The van der Waals surface area contributed by atoms with Crippen LogP contribution in [0.3, 0.4) is 0 Å². The number of carbonyl (C=O) groups is 1. The molecule has 0 saturated carbocycles. The fourth-order valence-corrected chi connectivity index (χ4v) is 6.38. The molecule has 0 aliphatic carbocycles. The third kappa shape index (κ3) is 7.46. The molecule has 3 aromatic rings.